The van der Waals surface area contributed by atoms with E-state index in [2.05, 4.69) is 0 Å². The van der Waals surface area contributed by atoms with E-state index in [0.29, 0.717) is 25.2 Å². The first-order chi connectivity index (χ1) is 6.20. The van der Waals surface area contributed by atoms with Gasteiger partial charge in [0.2, 0.25) is 0 Å². The van der Waals surface area contributed by atoms with Crippen LogP contribution in [0.25, 0.3) is 0 Å². The van der Waals surface area contributed by atoms with E-state index in [-0.39, 0.29) is 11.9 Å². The Morgan fingerprint density at radius 1 is 1.54 bits per heavy atom. The first kappa shape index (κ1) is 10.2. The van der Waals surface area contributed by atoms with Crippen LogP contribution in [-0.2, 0) is 14.3 Å². The fourth-order valence-corrected chi connectivity index (χ4v) is 1.71. The van der Waals surface area contributed by atoms with Crippen molar-refractivity contribution in [2.24, 2.45) is 5.92 Å². The second-order valence-electron chi connectivity index (χ2n) is 3.54. The van der Waals surface area contributed by atoms with Crippen molar-refractivity contribution in [1.29, 1.82) is 0 Å². The van der Waals surface area contributed by atoms with E-state index in [1.807, 2.05) is 0 Å². The Hall–Kier alpha value is -0.860. The molecule has 0 spiro atoms. The van der Waals surface area contributed by atoms with Crippen molar-refractivity contribution in [3.8, 4) is 0 Å². The van der Waals surface area contributed by atoms with Crippen molar-refractivity contribution in [3.63, 3.8) is 0 Å². The zero-order valence-electron chi connectivity index (χ0n) is 8.04. The third-order valence-electron chi connectivity index (χ3n) is 2.45. The maximum atomic E-state index is 11.3. The Balaban J connectivity index is 2.19. The third kappa shape index (κ3) is 3.57. The summed E-state index contributed by atoms with van der Waals surface area (Å²) in [6.45, 7) is 1.79. The van der Waals surface area contributed by atoms with Gasteiger partial charge >= 0.3 is 5.97 Å². The van der Waals surface area contributed by atoms with Crippen LogP contribution in [0.2, 0.25) is 0 Å². The number of carbonyl (C=O) groups is 2. The standard InChI is InChI=1S/C10H16O3/c1-8(11)13-7-6-9-4-2-3-5-10(9)12/h9H,2-7H2,1H3/t9-/m1/s1. The van der Waals surface area contributed by atoms with Crippen molar-refractivity contribution in [2.75, 3.05) is 6.61 Å². The van der Waals surface area contributed by atoms with E-state index in [1.54, 1.807) is 0 Å². The number of ether oxygens (including phenoxy) is 1. The monoisotopic (exact) mass is 184 g/mol. The molecule has 13 heavy (non-hydrogen) atoms. The van der Waals surface area contributed by atoms with Gasteiger partial charge in [-0.3, -0.25) is 9.59 Å². The number of hydrogen-bond donors (Lipinski definition) is 0. The van der Waals surface area contributed by atoms with E-state index in [9.17, 15) is 9.59 Å². The van der Waals surface area contributed by atoms with Crippen molar-refractivity contribution < 1.29 is 14.3 Å². The average Bonchev–Trinajstić information content (AvgIpc) is 2.08. The van der Waals surface area contributed by atoms with Crippen LogP contribution in [0.3, 0.4) is 0 Å². The van der Waals surface area contributed by atoms with Gasteiger partial charge in [0.25, 0.3) is 0 Å². The van der Waals surface area contributed by atoms with Crippen LogP contribution < -0.4 is 0 Å². The fraction of sp³-hybridized carbons (Fsp3) is 0.800. The Morgan fingerprint density at radius 3 is 2.92 bits per heavy atom. The van der Waals surface area contributed by atoms with Gasteiger partial charge in [-0.2, -0.15) is 0 Å². The number of rotatable bonds is 3. The molecule has 1 aliphatic rings. The van der Waals surface area contributed by atoms with Crippen LogP contribution in [0.1, 0.15) is 39.0 Å². The van der Waals surface area contributed by atoms with Gasteiger partial charge in [-0.25, -0.2) is 0 Å². The highest BCUT2D eigenvalue weighted by Crippen LogP contribution is 2.23. The van der Waals surface area contributed by atoms with Crippen LogP contribution in [0.15, 0.2) is 0 Å². The zero-order valence-corrected chi connectivity index (χ0v) is 8.04. The number of hydrogen-bond acceptors (Lipinski definition) is 3. The van der Waals surface area contributed by atoms with Crippen LogP contribution >= 0.6 is 0 Å². The molecule has 0 radical (unpaired) electrons. The van der Waals surface area contributed by atoms with Gasteiger partial charge in [0.1, 0.15) is 5.78 Å². The topological polar surface area (TPSA) is 43.4 Å². The molecule has 0 aliphatic heterocycles. The molecule has 0 N–H and O–H groups in total. The Morgan fingerprint density at radius 2 is 2.31 bits per heavy atom. The molecule has 1 fully saturated rings. The zero-order chi connectivity index (χ0) is 9.68. The first-order valence-corrected chi connectivity index (χ1v) is 4.86. The largest absolute Gasteiger partial charge is 0.466 e. The van der Waals surface area contributed by atoms with E-state index in [1.165, 1.54) is 6.92 Å². The molecule has 74 valence electrons. The Labute approximate surface area is 78.5 Å². The lowest BCUT2D eigenvalue weighted by Crippen LogP contribution is -2.20. The summed E-state index contributed by atoms with van der Waals surface area (Å²) in [6, 6.07) is 0. The van der Waals surface area contributed by atoms with Crippen molar-refractivity contribution in [1.82, 2.24) is 0 Å². The van der Waals surface area contributed by atoms with Gasteiger partial charge in [-0.15, -0.1) is 0 Å². The normalized spacial score (nSPS) is 22.8. The van der Waals surface area contributed by atoms with Crippen molar-refractivity contribution in [2.45, 2.75) is 39.0 Å². The smallest absolute Gasteiger partial charge is 0.302 e. The molecule has 0 amide bonds. The SMILES string of the molecule is CC(=O)OCC[C@H]1CCCCC1=O. The molecule has 0 heterocycles. The molecule has 1 atom stereocenters. The predicted octanol–water partition coefficient (Wildman–Crippen LogP) is 1.70. The maximum Gasteiger partial charge on any atom is 0.302 e. The molecule has 1 aliphatic carbocycles. The average molecular weight is 184 g/mol. The molecular weight excluding hydrogens is 168 g/mol. The number of esters is 1. The number of Topliss-reactive ketones (excluding diaryl/α,β-unsaturated/α-hetero) is 1. The fourth-order valence-electron chi connectivity index (χ4n) is 1.71. The molecule has 0 aromatic rings. The van der Waals surface area contributed by atoms with Gasteiger partial charge in [-0.1, -0.05) is 6.42 Å². The van der Waals surface area contributed by atoms with E-state index in [4.69, 9.17) is 4.74 Å². The molecule has 0 bridgehead atoms. The number of ketones is 1. The third-order valence-corrected chi connectivity index (χ3v) is 2.45. The van der Waals surface area contributed by atoms with E-state index in [0.717, 1.165) is 19.3 Å². The summed E-state index contributed by atoms with van der Waals surface area (Å²) in [6.07, 6.45) is 4.56. The van der Waals surface area contributed by atoms with Crippen LogP contribution in [-0.4, -0.2) is 18.4 Å². The second kappa shape index (κ2) is 5.00. The van der Waals surface area contributed by atoms with Gasteiger partial charge in [0, 0.05) is 19.3 Å². The molecule has 0 aromatic heterocycles. The Kier molecular flexibility index (Phi) is 3.93. The first-order valence-electron chi connectivity index (χ1n) is 4.86. The molecule has 0 unspecified atom stereocenters. The molecule has 1 saturated carbocycles. The van der Waals surface area contributed by atoms with E-state index < -0.39 is 0 Å². The highest BCUT2D eigenvalue weighted by Gasteiger charge is 2.21. The minimum Gasteiger partial charge on any atom is -0.466 e. The quantitative estimate of drug-likeness (QED) is 0.627. The summed E-state index contributed by atoms with van der Waals surface area (Å²) in [4.78, 5) is 21.8. The maximum absolute atomic E-state index is 11.3. The molecule has 0 aromatic carbocycles. The minimum atomic E-state index is -0.261. The van der Waals surface area contributed by atoms with Gasteiger partial charge in [0.15, 0.2) is 0 Å². The lowest BCUT2D eigenvalue weighted by atomic mass is 9.86. The lowest BCUT2D eigenvalue weighted by molar-refractivity contribution is -0.142. The summed E-state index contributed by atoms with van der Waals surface area (Å²) in [7, 11) is 0. The molecule has 3 nitrogen and oxygen atoms in total. The van der Waals surface area contributed by atoms with Gasteiger partial charge in [-0.05, 0) is 19.3 Å². The Bertz CT molecular complexity index is 198. The minimum absolute atomic E-state index is 0.146. The van der Waals surface area contributed by atoms with Crippen LogP contribution in [0.5, 0.6) is 0 Å². The summed E-state index contributed by atoms with van der Waals surface area (Å²) in [5, 5.41) is 0. The second-order valence-corrected chi connectivity index (χ2v) is 3.54. The summed E-state index contributed by atoms with van der Waals surface area (Å²) in [5.41, 5.74) is 0. The number of carbonyl (C=O) groups excluding carboxylic acids is 2. The molecular formula is C10H16O3. The van der Waals surface area contributed by atoms with Crippen LogP contribution in [0.4, 0.5) is 0 Å². The van der Waals surface area contributed by atoms with Crippen LogP contribution in [0, 0.1) is 5.92 Å². The van der Waals surface area contributed by atoms with Crippen molar-refractivity contribution in [3.05, 3.63) is 0 Å². The summed E-state index contributed by atoms with van der Waals surface area (Å²) in [5.74, 6) is 0.231. The summed E-state index contributed by atoms with van der Waals surface area (Å²) < 4.78 is 4.80. The highest BCUT2D eigenvalue weighted by molar-refractivity contribution is 5.81. The predicted molar refractivity (Wildman–Crippen MR) is 48.2 cm³/mol. The molecule has 1 rings (SSSR count). The lowest BCUT2D eigenvalue weighted by Gasteiger charge is -2.19. The van der Waals surface area contributed by atoms with Crippen molar-refractivity contribution >= 4 is 11.8 Å². The van der Waals surface area contributed by atoms with Gasteiger partial charge < -0.3 is 4.74 Å². The van der Waals surface area contributed by atoms with Gasteiger partial charge in [0.05, 0.1) is 6.61 Å². The van der Waals surface area contributed by atoms with E-state index >= 15 is 0 Å². The summed E-state index contributed by atoms with van der Waals surface area (Å²) >= 11 is 0. The highest BCUT2D eigenvalue weighted by atomic mass is 16.5. The molecule has 0 saturated heterocycles. The molecule has 3 heteroatoms.